The summed E-state index contributed by atoms with van der Waals surface area (Å²) in [5.74, 6) is 1.11. The summed E-state index contributed by atoms with van der Waals surface area (Å²) in [4.78, 5) is 14.3. The Labute approximate surface area is 130 Å². The number of benzene rings is 1. The Morgan fingerprint density at radius 1 is 1.33 bits per heavy atom. The predicted octanol–water partition coefficient (Wildman–Crippen LogP) is 2.79. The number of rotatable bonds is 3. The van der Waals surface area contributed by atoms with E-state index in [2.05, 4.69) is 12.1 Å². The highest BCUT2D eigenvalue weighted by atomic mass is 35.5. The monoisotopic (exact) mass is 306 g/mol. The van der Waals surface area contributed by atoms with Gasteiger partial charge in [0.05, 0.1) is 12.1 Å². The number of likely N-dealkylation sites (tertiary alicyclic amines) is 1. The molecular formula is C16H19ClN2O2. The number of furan rings is 1. The molecule has 2 aromatic rings. The van der Waals surface area contributed by atoms with Crippen molar-refractivity contribution in [2.45, 2.75) is 18.9 Å². The summed E-state index contributed by atoms with van der Waals surface area (Å²) in [6, 6.07) is 12.1. The first-order valence-corrected chi connectivity index (χ1v) is 6.89. The Kier molecular flexibility index (Phi) is 5.04. The van der Waals surface area contributed by atoms with E-state index in [0.717, 1.165) is 19.5 Å². The molecule has 1 atom stereocenters. The Bertz CT molecular complexity index is 597. The van der Waals surface area contributed by atoms with Gasteiger partial charge in [0.25, 0.3) is 5.91 Å². The molecule has 0 radical (unpaired) electrons. The zero-order valence-electron chi connectivity index (χ0n) is 11.7. The fourth-order valence-corrected chi connectivity index (χ4v) is 2.72. The molecule has 1 aliphatic rings. The first-order valence-electron chi connectivity index (χ1n) is 6.89. The Morgan fingerprint density at radius 3 is 2.76 bits per heavy atom. The van der Waals surface area contributed by atoms with Gasteiger partial charge in [-0.3, -0.25) is 4.79 Å². The van der Waals surface area contributed by atoms with Gasteiger partial charge in [-0.2, -0.15) is 0 Å². The zero-order valence-corrected chi connectivity index (χ0v) is 12.5. The normalized spacial score (nSPS) is 17.6. The van der Waals surface area contributed by atoms with Crippen LogP contribution >= 0.6 is 12.4 Å². The molecule has 3 rings (SSSR count). The second-order valence-electron chi connectivity index (χ2n) is 5.15. The van der Waals surface area contributed by atoms with E-state index in [1.807, 2.05) is 23.1 Å². The lowest BCUT2D eigenvalue weighted by atomic mass is 9.99. The SMILES string of the molecule is Cl.NCc1cc(C(=O)N2CCC(c3ccccc3)C2)co1. The van der Waals surface area contributed by atoms with Crippen molar-refractivity contribution in [3.8, 4) is 0 Å². The molecule has 1 aliphatic heterocycles. The van der Waals surface area contributed by atoms with Gasteiger partial charge in [-0.05, 0) is 18.1 Å². The largest absolute Gasteiger partial charge is 0.467 e. The van der Waals surface area contributed by atoms with Gasteiger partial charge < -0.3 is 15.1 Å². The Hall–Kier alpha value is -1.78. The van der Waals surface area contributed by atoms with Crippen molar-refractivity contribution < 1.29 is 9.21 Å². The molecule has 0 spiro atoms. The van der Waals surface area contributed by atoms with E-state index in [1.54, 1.807) is 6.07 Å². The van der Waals surface area contributed by atoms with Gasteiger partial charge in [0.15, 0.2) is 0 Å². The third-order valence-electron chi connectivity index (χ3n) is 3.85. The van der Waals surface area contributed by atoms with E-state index in [0.29, 0.717) is 23.8 Å². The number of carbonyl (C=O) groups excluding carboxylic acids is 1. The van der Waals surface area contributed by atoms with Gasteiger partial charge >= 0.3 is 0 Å². The van der Waals surface area contributed by atoms with E-state index in [-0.39, 0.29) is 18.3 Å². The standard InChI is InChI=1S/C16H18N2O2.ClH/c17-9-15-8-14(11-20-15)16(19)18-7-6-13(10-18)12-4-2-1-3-5-12;/h1-5,8,11,13H,6-7,9-10,17H2;1H. The van der Waals surface area contributed by atoms with Crippen molar-refractivity contribution >= 4 is 18.3 Å². The molecule has 0 saturated carbocycles. The second-order valence-corrected chi connectivity index (χ2v) is 5.15. The number of nitrogens with zero attached hydrogens (tertiary/aromatic N) is 1. The van der Waals surface area contributed by atoms with Crippen LogP contribution in [0.2, 0.25) is 0 Å². The summed E-state index contributed by atoms with van der Waals surface area (Å²) < 4.78 is 5.23. The van der Waals surface area contributed by atoms with Gasteiger partial charge in [-0.1, -0.05) is 30.3 Å². The lowest BCUT2D eigenvalue weighted by Gasteiger charge is -2.15. The fourth-order valence-electron chi connectivity index (χ4n) is 2.72. The second kappa shape index (κ2) is 6.78. The molecule has 1 unspecified atom stereocenters. The predicted molar refractivity (Wildman–Crippen MR) is 83.6 cm³/mol. The smallest absolute Gasteiger partial charge is 0.257 e. The third kappa shape index (κ3) is 3.28. The Morgan fingerprint density at radius 2 is 2.10 bits per heavy atom. The topological polar surface area (TPSA) is 59.5 Å². The molecule has 21 heavy (non-hydrogen) atoms. The lowest BCUT2D eigenvalue weighted by Crippen LogP contribution is -2.28. The van der Waals surface area contributed by atoms with Crippen LogP contribution in [-0.4, -0.2) is 23.9 Å². The van der Waals surface area contributed by atoms with Crippen LogP contribution in [0.15, 0.2) is 47.1 Å². The molecule has 4 nitrogen and oxygen atoms in total. The maximum Gasteiger partial charge on any atom is 0.257 e. The molecule has 0 aliphatic carbocycles. The van der Waals surface area contributed by atoms with Crippen LogP contribution in [0.5, 0.6) is 0 Å². The minimum Gasteiger partial charge on any atom is -0.467 e. The van der Waals surface area contributed by atoms with Crippen LogP contribution < -0.4 is 5.73 Å². The third-order valence-corrected chi connectivity index (χ3v) is 3.85. The molecule has 1 saturated heterocycles. The number of hydrogen-bond acceptors (Lipinski definition) is 3. The maximum atomic E-state index is 12.4. The Balaban J connectivity index is 0.00000161. The van der Waals surface area contributed by atoms with Crippen LogP contribution in [-0.2, 0) is 6.54 Å². The minimum absolute atomic E-state index is 0. The van der Waals surface area contributed by atoms with E-state index in [9.17, 15) is 4.79 Å². The maximum absolute atomic E-state index is 12.4. The summed E-state index contributed by atoms with van der Waals surface area (Å²) in [5.41, 5.74) is 7.40. The number of nitrogens with two attached hydrogens (primary N) is 1. The molecule has 5 heteroatoms. The molecule has 0 bridgehead atoms. The van der Waals surface area contributed by atoms with E-state index < -0.39 is 0 Å². The molecule has 1 fully saturated rings. The minimum atomic E-state index is 0. The number of amides is 1. The highest BCUT2D eigenvalue weighted by molar-refractivity contribution is 5.94. The van der Waals surface area contributed by atoms with Crippen LogP contribution in [0, 0.1) is 0 Å². The van der Waals surface area contributed by atoms with Gasteiger partial charge in [-0.25, -0.2) is 0 Å². The summed E-state index contributed by atoms with van der Waals surface area (Å²) in [5, 5.41) is 0. The van der Waals surface area contributed by atoms with Crippen molar-refractivity contribution in [1.29, 1.82) is 0 Å². The van der Waals surface area contributed by atoms with Crippen molar-refractivity contribution in [1.82, 2.24) is 4.90 Å². The summed E-state index contributed by atoms with van der Waals surface area (Å²) in [6.45, 7) is 1.88. The molecule has 2 heterocycles. The van der Waals surface area contributed by atoms with Gasteiger partial charge in [0.1, 0.15) is 12.0 Å². The van der Waals surface area contributed by atoms with Crippen molar-refractivity contribution in [3.63, 3.8) is 0 Å². The number of carbonyl (C=O) groups is 1. The van der Waals surface area contributed by atoms with E-state index in [1.165, 1.54) is 11.8 Å². The van der Waals surface area contributed by atoms with Crippen LogP contribution in [0.3, 0.4) is 0 Å². The zero-order chi connectivity index (χ0) is 13.9. The first kappa shape index (κ1) is 15.6. The van der Waals surface area contributed by atoms with Crippen LogP contribution in [0.1, 0.15) is 34.0 Å². The summed E-state index contributed by atoms with van der Waals surface area (Å²) in [6.07, 6.45) is 2.51. The highest BCUT2D eigenvalue weighted by Crippen LogP contribution is 2.28. The number of hydrogen-bond donors (Lipinski definition) is 1. The molecule has 1 aromatic carbocycles. The molecule has 1 amide bonds. The van der Waals surface area contributed by atoms with Crippen molar-refractivity contribution in [3.05, 3.63) is 59.5 Å². The molecule has 1 aromatic heterocycles. The van der Waals surface area contributed by atoms with Crippen LogP contribution in [0.25, 0.3) is 0 Å². The first-order chi connectivity index (χ1) is 9.78. The molecular weight excluding hydrogens is 288 g/mol. The quantitative estimate of drug-likeness (QED) is 0.948. The summed E-state index contributed by atoms with van der Waals surface area (Å²) >= 11 is 0. The van der Waals surface area contributed by atoms with E-state index in [4.69, 9.17) is 10.2 Å². The average molecular weight is 307 g/mol. The summed E-state index contributed by atoms with van der Waals surface area (Å²) in [7, 11) is 0. The van der Waals surface area contributed by atoms with Gasteiger partial charge in [0.2, 0.25) is 0 Å². The van der Waals surface area contributed by atoms with Gasteiger partial charge in [0, 0.05) is 19.0 Å². The highest BCUT2D eigenvalue weighted by Gasteiger charge is 2.28. The molecule has 2 N–H and O–H groups in total. The van der Waals surface area contributed by atoms with Gasteiger partial charge in [-0.15, -0.1) is 12.4 Å². The van der Waals surface area contributed by atoms with Crippen molar-refractivity contribution in [2.24, 2.45) is 5.73 Å². The average Bonchev–Trinajstić information content (AvgIpc) is 3.17. The van der Waals surface area contributed by atoms with Crippen molar-refractivity contribution in [2.75, 3.05) is 13.1 Å². The molecule has 112 valence electrons. The number of halogens is 1. The van der Waals surface area contributed by atoms with E-state index >= 15 is 0 Å². The fraction of sp³-hybridized carbons (Fsp3) is 0.312. The van der Waals surface area contributed by atoms with Crippen LogP contribution in [0.4, 0.5) is 0 Å². The lowest BCUT2D eigenvalue weighted by molar-refractivity contribution is 0.0790.